The number of amides is 1. The largest absolute Gasteiger partial charge is 0.493 e. The van der Waals surface area contributed by atoms with Crippen molar-refractivity contribution in [3.63, 3.8) is 0 Å². The lowest BCUT2D eigenvalue weighted by atomic mass is 9.86. The van der Waals surface area contributed by atoms with Crippen molar-refractivity contribution in [2.24, 2.45) is 4.99 Å². The van der Waals surface area contributed by atoms with Gasteiger partial charge in [-0.25, -0.2) is 4.99 Å². The molecular weight excluding hydrogens is 534 g/mol. The molecule has 0 saturated carbocycles. The molecule has 0 N–H and O–H groups in total. The third kappa shape index (κ3) is 7.72. The van der Waals surface area contributed by atoms with Gasteiger partial charge in [0.15, 0.2) is 0 Å². The quantitative estimate of drug-likeness (QED) is 0.149. The molecule has 5 heteroatoms. The molecule has 0 bridgehead atoms. The zero-order chi connectivity index (χ0) is 29.9. The zero-order valence-corrected chi connectivity index (χ0v) is 25.3. The molecule has 1 amide bonds. The second-order valence-corrected chi connectivity index (χ2v) is 10.9. The number of rotatable bonds is 13. The molecule has 0 aromatic heterocycles. The Bertz CT molecular complexity index is 1470. The number of aliphatic imine (C=N–C) groups is 1. The van der Waals surface area contributed by atoms with E-state index in [1.54, 1.807) is 12.1 Å². The first-order valence-electron chi connectivity index (χ1n) is 15.7. The van der Waals surface area contributed by atoms with Gasteiger partial charge in [-0.15, -0.1) is 0 Å². The number of nitrogens with zero attached hydrogens (tertiary/aromatic N) is 1. The summed E-state index contributed by atoms with van der Waals surface area (Å²) in [5.74, 6) is 2.69. The molecule has 2 aliphatic rings. The van der Waals surface area contributed by atoms with Crippen LogP contribution in [0.2, 0.25) is 0 Å². The van der Waals surface area contributed by atoms with Crippen molar-refractivity contribution < 1.29 is 19.0 Å². The van der Waals surface area contributed by atoms with Crippen molar-refractivity contribution in [2.75, 3.05) is 13.2 Å². The van der Waals surface area contributed by atoms with E-state index in [-0.39, 0.29) is 5.91 Å². The fraction of sp³-hybridized carbons (Fsp3) is 0.316. The Labute approximate surface area is 255 Å². The maximum Gasteiger partial charge on any atom is 0.277 e. The molecule has 1 aliphatic heterocycles. The van der Waals surface area contributed by atoms with Crippen LogP contribution < -0.4 is 14.2 Å². The molecule has 0 atom stereocenters. The molecule has 222 valence electrons. The second-order valence-electron chi connectivity index (χ2n) is 10.9. The molecule has 5 nitrogen and oxygen atoms in total. The lowest BCUT2D eigenvalue weighted by molar-refractivity contribution is 0.100. The van der Waals surface area contributed by atoms with Crippen LogP contribution in [0.15, 0.2) is 102 Å². The van der Waals surface area contributed by atoms with Crippen LogP contribution in [0.5, 0.6) is 23.0 Å². The summed E-state index contributed by atoms with van der Waals surface area (Å²) in [5, 5.41) is 0. The van der Waals surface area contributed by atoms with Crippen LogP contribution in [-0.4, -0.2) is 24.8 Å². The average Bonchev–Trinajstić information content (AvgIpc) is 3.04. The topological polar surface area (TPSA) is 57.1 Å². The summed E-state index contributed by atoms with van der Waals surface area (Å²) in [6.45, 7) is 5.76. The summed E-state index contributed by atoms with van der Waals surface area (Å²) in [6, 6.07) is 21.2. The van der Waals surface area contributed by atoms with Gasteiger partial charge in [-0.3, -0.25) is 4.79 Å². The van der Waals surface area contributed by atoms with Crippen molar-refractivity contribution in [3.8, 4) is 23.0 Å². The van der Waals surface area contributed by atoms with E-state index in [0.717, 1.165) is 59.5 Å². The van der Waals surface area contributed by atoms with Gasteiger partial charge < -0.3 is 14.2 Å². The average molecular weight is 576 g/mol. The zero-order valence-electron chi connectivity index (χ0n) is 25.3. The van der Waals surface area contributed by atoms with E-state index >= 15 is 0 Å². The van der Waals surface area contributed by atoms with Crippen LogP contribution >= 0.6 is 0 Å². The number of fused-ring (bicyclic) bond motifs is 2. The van der Waals surface area contributed by atoms with Crippen molar-refractivity contribution in [2.45, 2.75) is 65.2 Å². The molecule has 0 unspecified atom stereocenters. The number of carbonyl (C=O) groups is 1. The first-order chi connectivity index (χ1) is 21.2. The Morgan fingerprint density at radius 3 is 1.86 bits per heavy atom. The Balaban J connectivity index is 1.52. The number of hydrogen-bond donors (Lipinski definition) is 0. The van der Waals surface area contributed by atoms with Crippen molar-refractivity contribution in [3.05, 3.63) is 113 Å². The molecule has 5 rings (SSSR count). The van der Waals surface area contributed by atoms with Gasteiger partial charge in [-0.1, -0.05) is 88.8 Å². The van der Waals surface area contributed by atoms with Crippen molar-refractivity contribution in [1.82, 2.24) is 0 Å². The Hall–Kier alpha value is -4.38. The first kappa shape index (κ1) is 30.1. The minimum Gasteiger partial charge on any atom is -0.493 e. The van der Waals surface area contributed by atoms with Crippen LogP contribution in [0.4, 0.5) is 0 Å². The number of carbonyl (C=O) groups excluding carboxylic acids is 1. The van der Waals surface area contributed by atoms with Crippen LogP contribution in [0.3, 0.4) is 0 Å². The summed E-state index contributed by atoms with van der Waals surface area (Å²) < 4.78 is 18.7. The predicted molar refractivity (Wildman–Crippen MR) is 175 cm³/mol. The highest BCUT2D eigenvalue weighted by Crippen LogP contribution is 2.48. The molecule has 3 aromatic rings. The maximum atomic E-state index is 13.1. The second kappa shape index (κ2) is 15.2. The van der Waals surface area contributed by atoms with E-state index in [9.17, 15) is 4.79 Å². The maximum absolute atomic E-state index is 13.1. The van der Waals surface area contributed by atoms with E-state index in [0.29, 0.717) is 36.0 Å². The number of benzene rings is 3. The minimum absolute atomic E-state index is 0.278. The fourth-order valence-corrected chi connectivity index (χ4v) is 5.30. The highest BCUT2D eigenvalue weighted by Gasteiger charge is 2.27. The normalized spacial score (nSPS) is 14.3. The number of unbranched alkanes of at least 4 members (excludes halogenated alkanes) is 6. The predicted octanol–water partition coefficient (Wildman–Crippen LogP) is 9.92. The molecule has 1 heterocycles. The fourth-order valence-electron chi connectivity index (χ4n) is 5.30. The molecule has 0 fully saturated rings. The lowest BCUT2D eigenvalue weighted by Crippen LogP contribution is -2.12. The van der Waals surface area contributed by atoms with E-state index in [1.165, 1.54) is 25.7 Å². The Morgan fingerprint density at radius 1 is 0.698 bits per heavy atom. The highest BCUT2D eigenvalue weighted by atomic mass is 16.5. The van der Waals surface area contributed by atoms with E-state index in [4.69, 9.17) is 14.2 Å². The van der Waals surface area contributed by atoms with Gasteiger partial charge in [-0.2, -0.15) is 0 Å². The summed E-state index contributed by atoms with van der Waals surface area (Å²) in [5.41, 5.74) is 4.83. The van der Waals surface area contributed by atoms with E-state index in [1.807, 2.05) is 78.9 Å². The molecule has 0 saturated heterocycles. The summed E-state index contributed by atoms with van der Waals surface area (Å²) in [6.07, 6.45) is 17.0. The third-order valence-corrected chi connectivity index (χ3v) is 7.61. The van der Waals surface area contributed by atoms with Crippen molar-refractivity contribution >= 4 is 17.2 Å². The van der Waals surface area contributed by atoms with Gasteiger partial charge in [-0.05, 0) is 55.3 Å². The monoisotopic (exact) mass is 575 g/mol. The van der Waals surface area contributed by atoms with Gasteiger partial charge in [0.25, 0.3) is 5.91 Å². The summed E-state index contributed by atoms with van der Waals surface area (Å²) in [4.78, 5) is 17.7. The van der Waals surface area contributed by atoms with Gasteiger partial charge in [0, 0.05) is 40.0 Å². The van der Waals surface area contributed by atoms with Crippen LogP contribution in [0.25, 0.3) is 5.57 Å². The minimum atomic E-state index is -0.278. The number of ether oxygens (including phenoxy) is 3. The summed E-state index contributed by atoms with van der Waals surface area (Å²) >= 11 is 0. The van der Waals surface area contributed by atoms with E-state index in [2.05, 4.69) is 18.8 Å². The molecule has 0 radical (unpaired) electrons. The SMILES string of the molecule is CCCCCCOc1ccc2c(c1)Oc1cc(OCCCCCC)ccc1C2=C1C=CC=CC1=NC(=O)c1ccccc1. The molecule has 0 spiro atoms. The summed E-state index contributed by atoms with van der Waals surface area (Å²) in [7, 11) is 0. The lowest BCUT2D eigenvalue weighted by Gasteiger charge is -2.26. The van der Waals surface area contributed by atoms with Gasteiger partial charge >= 0.3 is 0 Å². The number of hydrogen-bond acceptors (Lipinski definition) is 4. The molecular formula is C38H41NO4. The molecule has 1 aliphatic carbocycles. The van der Waals surface area contributed by atoms with Crippen LogP contribution in [-0.2, 0) is 0 Å². The number of allylic oxidation sites excluding steroid dienone is 5. The first-order valence-corrected chi connectivity index (χ1v) is 15.7. The van der Waals surface area contributed by atoms with Crippen LogP contribution in [0, 0.1) is 0 Å². The van der Waals surface area contributed by atoms with Crippen LogP contribution in [0.1, 0.15) is 86.7 Å². The molecule has 43 heavy (non-hydrogen) atoms. The van der Waals surface area contributed by atoms with E-state index < -0.39 is 0 Å². The third-order valence-electron chi connectivity index (χ3n) is 7.61. The Kier molecular flexibility index (Phi) is 10.6. The highest BCUT2D eigenvalue weighted by molar-refractivity contribution is 6.22. The smallest absolute Gasteiger partial charge is 0.277 e. The van der Waals surface area contributed by atoms with Gasteiger partial charge in [0.2, 0.25) is 0 Å². The standard InChI is InChI=1S/C38H41NO4/c1-3-5-7-14-24-41-29-20-22-32-35(26-29)43-36-27-30(42-25-15-8-6-4-2)21-23-33(36)37(32)31-18-12-13-19-34(31)39-38(40)28-16-10-9-11-17-28/h9-13,16-23,26-27H,3-8,14-15,24-25H2,1-2H3. The van der Waals surface area contributed by atoms with Gasteiger partial charge in [0.1, 0.15) is 23.0 Å². The van der Waals surface area contributed by atoms with Crippen molar-refractivity contribution in [1.29, 1.82) is 0 Å². The Morgan fingerprint density at radius 2 is 1.28 bits per heavy atom. The molecule has 3 aromatic carbocycles. The van der Waals surface area contributed by atoms with Gasteiger partial charge in [0.05, 0.1) is 18.9 Å².